The topological polar surface area (TPSA) is 26.0 Å². The Morgan fingerprint density at radius 2 is 2.20 bits per heavy atom. The van der Waals surface area contributed by atoms with Gasteiger partial charge in [0.05, 0.1) is 0 Å². The highest BCUT2D eigenvalue weighted by molar-refractivity contribution is 5.15. The van der Waals surface area contributed by atoms with Crippen molar-refractivity contribution in [3.63, 3.8) is 0 Å². The van der Waals surface area contributed by atoms with Crippen molar-refractivity contribution in [1.29, 1.82) is 0 Å². The number of nitrogens with two attached hydrogens (primary N) is 1. The highest BCUT2D eigenvalue weighted by atomic mass is 14.5. The van der Waals surface area contributed by atoms with Gasteiger partial charge in [0, 0.05) is 6.54 Å². The minimum Gasteiger partial charge on any atom is -0.327 e. The van der Waals surface area contributed by atoms with Gasteiger partial charge in [-0.25, -0.2) is 0 Å². The molecular weight excluding hydrogens is 122 g/mol. The molecule has 0 aromatic heterocycles. The smallest absolute Gasteiger partial charge is 0.0139 e. The quantitative estimate of drug-likeness (QED) is 0.589. The predicted octanol–water partition coefficient (Wildman–Crippen LogP) is 2.02. The van der Waals surface area contributed by atoms with Crippen LogP contribution in [0.4, 0.5) is 0 Å². The molecule has 0 bridgehead atoms. The molecule has 0 aliphatic rings. The van der Waals surface area contributed by atoms with Crippen molar-refractivity contribution in [1.82, 2.24) is 0 Å². The Bertz CT molecular complexity index is 137. The van der Waals surface area contributed by atoms with Crippen LogP contribution in [0.25, 0.3) is 0 Å². The fourth-order valence-electron chi connectivity index (χ4n) is 0.600. The summed E-state index contributed by atoms with van der Waals surface area (Å²) in [6.07, 6.45) is 8.66. The van der Waals surface area contributed by atoms with Crippen molar-refractivity contribution in [3.05, 3.63) is 36.5 Å². The second kappa shape index (κ2) is 6.30. The van der Waals surface area contributed by atoms with E-state index in [2.05, 4.69) is 13.5 Å². The van der Waals surface area contributed by atoms with E-state index in [4.69, 9.17) is 5.73 Å². The van der Waals surface area contributed by atoms with Gasteiger partial charge in [0.25, 0.3) is 0 Å². The van der Waals surface area contributed by atoms with Gasteiger partial charge in [-0.05, 0) is 6.42 Å². The maximum atomic E-state index is 5.44. The van der Waals surface area contributed by atoms with Crippen molar-refractivity contribution in [2.75, 3.05) is 6.54 Å². The van der Waals surface area contributed by atoms with Crippen LogP contribution in [0.5, 0.6) is 0 Å². The largest absolute Gasteiger partial charge is 0.327 e. The molecule has 0 saturated heterocycles. The molecule has 0 rings (SSSR count). The average Bonchev–Trinajstić information content (AvgIpc) is 1.99. The molecule has 10 heavy (non-hydrogen) atoms. The fourth-order valence-corrected chi connectivity index (χ4v) is 0.600. The molecule has 2 N–H and O–H groups in total. The Morgan fingerprint density at radius 1 is 1.50 bits per heavy atom. The van der Waals surface area contributed by atoms with Crippen LogP contribution in [0.1, 0.15) is 13.3 Å². The first-order valence-electron chi connectivity index (χ1n) is 3.52. The van der Waals surface area contributed by atoms with Crippen LogP contribution in [0.2, 0.25) is 0 Å². The molecule has 0 radical (unpaired) electrons. The van der Waals surface area contributed by atoms with E-state index in [1.54, 1.807) is 6.08 Å². The van der Waals surface area contributed by atoms with Gasteiger partial charge in [0.1, 0.15) is 0 Å². The van der Waals surface area contributed by atoms with Crippen LogP contribution in [0.15, 0.2) is 36.5 Å². The summed E-state index contributed by atoms with van der Waals surface area (Å²) >= 11 is 0. The van der Waals surface area contributed by atoms with Gasteiger partial charge < -0.3 is 5.73 Å². The summed E-state index contributed by atoms with van der Waals surface area (Å²) in [5, 5.41) is 0. The van der Waals surface area contributed by atoms with E-state index in [9.17, 15) is 0 Å². The van der Waals surface area contributed by atoms with E-state index >= 15 is 0 Å². The molecule has 56 valence electrons. The predicted molar refractivity (Wildman–Crippen MR) is 46.8 cm³/mol. The number of hydrogen-bond acceptors (Lipinski definition) is 1. The third-order valence-corrected chi connectivity index (χ3v) is 1.30. The van der Waals surface area contributed by atoms with Crippen LogP contribution < -0.4 is 5.73 Å². The third kappa shape index (κ3) is 4.10. The lowest BCUT2D eigenvalue weighted by atomic mass is 10.2. The molecule has 0 unspecified atom stereocenters. The molecule has 0 fully saturated rings. The molecule has 0 spiro atoms. The lowest BCUT2D eigenvalue weighted by Crippen LogP contribution is -2.01. The summed E-state index contributed by atoms with van der Waals surface area (Å²) in [4.78, 5) is 0. The van der Waals surface area contributed by atoms with Crippen molar-refractivity contribution in [2.24, 2.45) is 5.73 Å². The minimum atomic E-state index is 0.651. The first-order chi connectivity index (χ1) is 4.85. The van der Waals surface area contributed by atoms with Crippen molar-refractivity contribution in [3.8, 4) is 0 Å². The second-order valence-corrected chi connectivity index (χ2v) is 2.00. The highest BCUT2D eigenvalue weighted by Crippen LogP contribution is 1.96. The van der Waals surface area contributed by atoms with Crippen LogP contribution in [-0.2, 0) is 0 Å². The van der Waals surface area contributed by atoms with Crippen LogP contribution in [0, 0.1) is 0 Å². The Morgan fingerprint density at radius 3 is 2.60 bits per heavy atom. The standard InChI is InChI=1S/C9H15N/c1-3-5-6-7-9(4-2)8-10/h3,5-7H,1,4,8,10H2,2H3/b6-5-,9-7-. The zero-order valence-corrected chi connectivity index (χ0v) is 6.51. The van der Waals surface area contributed by atoms with E-state index in [0.717, 1.165) is 6.42 Å². The highest BCUT2D eigenvalue weighted by Gasteiger charge is 1.84. The van der Waals surface area contributed by atoms with Gasteiger partial charge in [-0.2, -0.15) is 0 Å². The normalized spacial score (nSPS) is 12.4. The van der Waals surface area contributed by atoms with Gasteiger partial charge in [0.2, 0.25) is 0 Å². The van der Waals surface area contributed by atoms with Crippen molar-refractivity contribution in [2.45, 2.75) is 13.3 Å². The summed E-state index contributed by atoms with van der Waals surface area (Å²) in [6.45, 7) is 6.31. The monoisotopic (exact) mass is 137 g/mol. The SMILES string of the molecule is C=C/C=C\C=C(\CC)CN. The summed E-state index contributed by atoms with van der Waals surface area (Å²) in [5.41, 5.74) is 6.70. The second-order valence-electron chi connectivity index (χ2n) is 2.00. The lowest BCUT2D eigenvalue weighted by Gasteiger charge is -1.94. The summed E-state index contributed by atoms with van der Waals surface area (Å²) in [7, 11) is 0. The summed E-state index contributed by atoms with van der Waals surface area (Å²) in [6, 6.07) is 0. The molecule has 0 amide bonds. The Hall–Kier alpha value is -0.820. The van der Waals surface area contributed by atoms with Crippen LogP contribution >= 0.6 is 0 Å². The number of allylic oxidation sites excluding steroid dienone is 4. The summed E-state index contributed by atoms with van der Waals surface area (Å²) < 4.78 is 0. The maximum Gasteiger partial charge on any atom is 0.0139 e. The molecule has 0 aromatic carbocycles. The number of hydrogen-bond donors (Lipinski definition) is 1. The molecule has 1 nitrogen and oxygen atoms in total. The van der Waals surface area contributed by atoms with Crippen LogP contribution in [0.3, 0.4) is 0 Å². The van der Waals surface area contributed by atoms with E-state index in [0.29, 0.717) is 6.54 Å². The van der Waals surface area contributed by atoms with Crippen LogP contribution in [-0.4, -0.2) is 6.54 Å². The van der Waals surface area contributed by atoms with E-state index < -0.39 is 0 Å². The van der Waals surface area contributed by atoms with E-state index in [-0.39, 0.29) is 0 Å². The molecule has 0 heterocycles. The minimum absolute atomic E-state index is 0.651. The Labute approximate surface area is 62.9 Å². The van der Waals surface area contributed by atoms with Gasteiger partial charge >= 0.3 is 0 Å². The maximum absolute atomic E-state index is 5.44. The molecule has 0 aliphatic heterocycles. The fraction of sp³-hybridized carbons (Fsp3) is 0.333. The van der Waals surface area contributed by atoms with E-state index in [1.165, 1.54) is 5.57 Å². The first kappa shape index (κ1) is 9.18. The van der Waals surface area contributed by atoms with E-state index in [1.807, 2.05) is 18.2 Å². The van der Waals surface area contributed by atoms with Gasteiger partial charge in [-0.3, -0.25) is 0 Å². The first-order valence-corrected chi connectivity index (χ1v) is 3.52. The van der Waals surface area contributed by atoms with Crippen molar-refractivity contribution < 1.29 is 0 Å². The zero-order valence-electron chi connectivity index (χ0n) is 6.51. The molecule has 1 heteroatoms. The molecule has 0 aliphatic carbocycles. The van der Waals surface area contributed by atoms with Gasteiger partial charge in [-0.1, -0.05) is 43.4 Å². The van der Waals surface area contributed by atoms with Crippen molar-refractivity contribution >= 4 is 0 Å². The van der Waals surface area contributed by atoms with Gasteiger partial charge in [0.15, 0.2) is 0 Å². The average molecular weight is 137 g/mol. The van der Waals surface area contributed by atoms with Gasteiger partial charge in [-0.15, -0.1) is 0 Å². The summed E-state index contributed by atoms with van der Waals surface area (Å²) in [5.74, 6) is 0. The zero-order chi connectivity index (χ0) is 7.82. The lowest BCUT2D eigenvalue weighted by molar-refractivity contribution is 1.01. The molecule has 0 aromatic rings. The Kier molecular flexibility index (Phi) is 5.79. The molecular formula is C9H15N. The molecule has 0 atom stereocenters. The Balaban J connectivity index is 3.85. The number of rotatable bonds is 4. The molecule has 0 saturated carbocycles. The third-order valence-electron chi connectivity index (χ3n) is 1.30.